The molecule has 4 unspecified atom stereocenters. The fourth-order valence-electron chi connectivity index (χ4n) is 3.56. The van der Waals surface area contributed by atoms with Gasteiger partial charge in [-0.1, -0.05) is 12.1 Å². The van der Waals surface area contributed by atoms with Crippen LogP contribution in [-0.4, -0.2) is 60.8 Å². The molecular weight excluding hydrogens is 314 g/mol. The summed E-state index contributed by atoms with van der Waals surface area (Å²) in [5.41, 5.74) is 0.841. The summed E-state index contributed by atoms with van der Waals surface area (Å²) in [5.74, 6) is -1.37. The van der Waals surface area contributed by atoms with E-state index in [1.807, 2.05) is 13.8 Å². The average Bonchev–Trinajstić information content (AvgIpc) is 3.12. The van der Waals surface area contributed by atoms with E-state index in [-0.39, 0.29) is 24.5 Å². The average molecular weight is 333 g/mol. The Morgan fingerprint density at radius 1 is 1.08 bits per heavy atom. The number of rotatable bonds is 3. The molecule has 0 aromatic heterocycles. The van der Waals surface area contributed by atoms with E-state index in [9.17, 15) is 9.59 Å². The molecule has 3 aliphatic rings. The highest BCUT2D eigenvalue weighted by molar-refractivity contribution is 6.21. The van der Waals surface area contributed by atoms with Gasteiger partial charge in [0.15, 0.2) is 12.1 Å². The van der Waals surface area contributed by atoms with E-state index in [4.69, 9.17) is 18.9 Å². The minimum atomic E-state index is -0.754. The predicted octanol–water partition coefficient (Wildman–Crippen LogP) is 1.17. The molecule has 3 aliphatic heterocycles. The van der Waals surface area contributed by atoms with Crippen molar-refractivity contribution in [2.45, 2.75) is 44.2 Å². The largest absolute Gasteiger partial charge is 0.353 e. The highest BCUT2D eigenvalue weighted by Gasteiger charge is 2.56. The molecular formula is C17H19NO6. The summed E-state index contributed by atoms with van der Waals surface area (Å²) in [7, 11) is 1.53. The summed E-state index contributed by atoms with van der Waals surface area (Å²) in [6, 6.07) is 6.80. The molecule has 2 fully saturated rings. The minimum absolute atomic E-state index is 0.104. The number of methoxy groups -OCH3 is 1. The van der Waals surface area contributed by atoms with Gasteiger partial charge in [-0.25, -0.2) is 0 Å². The molecule has 7 nitrogen and oxygen atoms in total. The third-order valence-electron chi connectivity index (χ3n) is 4.58. The quantitative estimate of drug-likeness (QED) is 0.773. The van der Waals surface area contributed by atoms with Crippen molar-refractivity contribution in [2.75, 3.05) is 13.7 Å². The fraction of sp³-hybridized carbons (Fsp3) is 0.529. The zero-order valence-electron chi connectivity index (χ0n) is 13.7. The third kappa shape index (κ3) is 2.28. The molecule has 4 rings (SSSR count). The Morgan fingerprint density at radius 2 is 1.67 bits per heavy atom. The summed E-state index contributed by atoms with van der Waals surface area (Å²) in [5, 5.41) is 0. The first-order valence-corrected chi connectivity index (χ1v) is 7.90. The molecule has 0 saturated carbocycles. The van der Waals surface area contributed by atoms with E-state index in [1.165, 1.54) is 12.0 Å². The molecule has 2 amide bonds. The standard InChI is InChI=1S/C17H19NO6/c1-17(2)23-12-11(22-16(21-3)13(12)24-17)8-18-14(19)9-6-4-5-7-10(9)15(18)20/h4-7,11-13,16H,8H2,1-3H3. The van der Waals surface area contributed by atoms with E-state index < -0.39 is 24.3 Å². The maximum absolute atomic E-state index is 12.5. The molecule has 4 atom stereocenters. The molecule has 1 aromatic rings. The molecule has 7 heteroatoms. The second-order valence-electron chi connectivity index (χ2n) is 6.61. The number of imide groups is 1. The molecule has 0 spiro atoms. The Bertz CT molecular complexity index is 667. The summed E-state index contributed by atoms with van der Waals surface area (Å²) in [6.07, 6.45) is -1.86. The van der Waals surface area contributed by atoms with Crippen LogP contribution < -0.4 is 0 Å². The molecule has 0 aliphatic carbocycles. The first kappa shape index (κ1) is 15.7. The van der Waals surface area contributed by atoms with Crippen molar-refractivity contribution in [3.05, 3.63) is 35.4 Å². The van der Waals surface area contributed by atoms with Crippen molar-refractivity contribution in [1.82, 2.24) is 4.90 Å². The van der Waals surface area contributed by atoms with Gasteiger partial charge in [0, 0.05) is 7.11 Å². The van der Waals surface area contributed by atoms with Crippen molar-refractivity contribution in [3.8, 4) is 0 Å². The van der Waals surface area contributed by atoms with Gasteiger partial charge in [0.1, 0.15) is 18.3 Å². The van der Waals surface area contributed by atoms with Crippen molar-refractivity contribution in [3.63, 3.8) is 0 Å². The van der Waals surface area contributed by atoms with Gasteiger partial charge in [-0.2, -0.15) is 0 Å². The van der Waals surface area contributed by atoms with Crippen LogP contribution in [0, 0.1) is 0 Å². The lowest BCUT2D eigenvalue weighted by atomic mass is 10.1. The van der Waals surface area contributed by atoms with Gasteiger partial charge >= 0.3 is 0 Å². The Hall–Kier alpha value is -1.80. The topological polar surface area (TPSA) is 74.3 Å². The lowest BCUT2D eigenvalue weighted by Gasteiger charge is -2.25. The molecule has 1 aromatic carbocycles. The van der Waals surface area contributed by atoms with E-state index in [0.29, 0.717) is 11.1 Å². The second-order valence-corrected chi connectivity index (χ2v) is 6.61. The summed E-state index contributed by atoms with van der Waals surface area (Å²) < 4.78 is 22.8. The van der Waals surface area contributed by atoms with Crippen molar-refractivity contribution >= 4 is 11.8 Å². The number of nitrogens with zero attached hydrogens (tertiary/aromatic N) is 1. The molecule has 0 N–H and O–H groups in total. The Kier molecular flexibility index (Phi) is 3.50. The minimum Gasteiger partial charge on any atom is -0.353 e. The van der Waals surface area contributed by atoms with Crippen LogP contribution in [0.4, 0.5) is 0 Å². The summed E-state index contributed by atoms with van der Waals surface area (Å²) in [6.45, 7) is 3.74. The van der Waals surface area contributed by atoms with Gasteiger partial charge in [0.25, 0.3) is 11.8 Å². The van der Waals surface area contributed by atoms with Crippen LogP contribution in [0.15, 0.2) is 24.3 Å². The van der Waals surface area contributed by atoms with Crippen LogP contribution in [0.2, 0.25) is 0 Å². The van der Waals surface area contributed by atoms with Gasteiger partial charge in [0.2, 0.25) is 0 Å². The van der Waals surface area contributed by atoms with Gasteiger partial charge in [0.05, 0.1) is 17.7 Å². The monoisotopic (exact) mass is 333 g/mol. The van der Waals surface area contributed by atoms with Crippen molar-refractivity contribution in [2.24, 2.45) is 0 Å². The maximum atomic E-state index is 12.5. The highest BCUT2D eigenvalue weighted by atomic mass is 16.8. The van der Waals surface area contributed by atoms with Gasteiger partial charge in [-0.05, 0) is 26.0 Å². The van der Waals surface area contributed by atoms with Crippen molar-refractivity contribution in [1.29, 1.82) is 0 Å². The Labute approximate surface area is 139 Å². The Balaban J connectivity index is 1.56. The molecule has 3 heterocycles. The fourth-order valence-corrected chi connectivity index (χ4v) is 3.56. The van der Waals surface area contributed by atoms with Gasteiger partial charge < -0.3 is 18.9 Å². The number of carbonyl (C=O) groups is 2. The van der Waals surface area contributed by atoms with Gasteiger partial charge in [-0.3, -0.25) is 14.5 Å². The van der Waals surface area contributed by atoms with Crippen molar-refractivity contribution < 1.29 is 28.5 Å². The molecule has 0 radical (unpaired) electrons. The number of carbonyl (C=O) groups excluding carboxylic acids is 2. The van der Waals surface area contributed by atoms with E-state index in [0.717, 1.165) is 0 Å². The lowest BCUT2D eigenvalue weighted by Crippen LogP contribution is -2.42. The van der Waals surface area contributed by atoms with Crippen LogP contribution in [-0.2, 0) is 18.9 Å². The highest BCUT2D eigenvalue weighted by Crippen LogP contribution is 2.39. The number of benzene rings is 1. The zero-order valence-corrected chi connectivity index (χ0v) is 13.7. The molecule has 0 bridgehead atoms. The van der Waals surface area contributed by atoms with Crippen LogP contribution in [0.3, 0.4) is 0 Å². The number of hydrogen-bond donors (Lipinski definition) is 0. The molecule has 2 saturated heterocycles. The van der Waals surface area contributed by atoms with E-state index in [2.05, 4.69) is 0 Å². The summed E-state index contributed by atoms with van der Waals surface area (Å²) >= 11 is 0. The first-order chi connectivity index (χ1) is 11.4. The number of hydrogen-bond acceptors (Lipinski definition) is 6. The van der Waals surface area contributed by atoms with E-state index >= 15 is 0 Å². The normalized spacial score (nSPS) is 33.9. The van der Waals surface area contributed by atoms with Crippen LogP contribution in [0.25, 0.3) is 0 Å². The van der Waals surface area contributed by atoms with Gasteiger partial charge in [-0.15, -0.1) is 0 Å². The van der Waals surface area contributed by atoms with E-state index in [1.54, 1.807) is 24.3 Å². The number of fused-ring (bicyclic) bond motifs is 2. The Morgan fingerprint density at radius 3 is 2.25 bits per heavy atom. The maximum Gasteiger partial charge on any atom is 0.261 e. The van der Waals surface area contributed by atoms with Crippen LogP contribution >= 0.6 is 0 Å². The lowest BCUT2D eigenvalue weighted by molar-refractivity contribution is -0.227. The number of ether oxygens (including phenoxy) is 4. The summed E-state index contributed by atoms with van der Waals surface area (Å²) in [4.78, 5) is 26.2. The third-order valence-corrected chi connectivity index (χ3v) is 4.58. The molecule has 24 heavy (non-hydrogen) atoms. The van der Waals surface area contributed by atoms with Crippen LogP contribution in [0.1, 0.15) is 34.6 Å². The molecule has 128 valence electrons. The second kappa shape index (κ2) is 5.35. The predicted molar refractivity (Wildman–Crippen MR) is 81.3 cm³/mol. The number of amides is 2. The smallest absolute Gasteiger partial charge is 0.261 e. The zero-order chi connectivity index (χ0) is 17.1. The first-order valence-electron chi connectivity index (χ1n) is 7.90. The van der Waals surface area contributed by atoms with Crippen LogP contribution in [0.5, 0.6) is 0 Å². The SMILES string of the molecule is COC1OC(CN2C(=O)c3ccccc3C2=O)C2OC(C)(C)OC12.